The minimum atomic E-state index is -0.220. The van der Waals surface area contributed by atoms with Gasteiger partial charge in [-0.05, 0) is 31.0 Å². The predicted molar refractivity (Wildman–Crippen MR) is 73.1 cm³/mol. The molecule has 0 atom stereocenters. The Hall–Kier alpha value is -1.88. The van der Waals surface area contributed by atoms with Gasteiger partial charge in [0.2, 0.25) is 5.95 Å². The van der Waals surface area contributed by atoms with Gasteiger partial charge >= 0.3 is 0 Å². The predicted octanol–water partition coefficient (Wildman–Crippen LogP) is 3.11. The average molecular weight is 263 g/mol. The first-order valence-electron chi connectivity index (χ1n) is 6.24. The number of benzene rings is 1. The van der Waals surface area contributed by atoms with E-state index in [1.807, 2.05) is 16.8 Å². The second kappa shape index (κ2) is 6.33. The lowest BCUT2D eigenvalue weighted by molar-refractivity contribution is 0.190. The highest BCUT2D eigenvalue weighted by molar-refractivity contribution is 5.54. The van der Waals surface area contributed by atoms with Crippen LogP contribution in [0.25, 0.3) is 0 Å². The van der Waals surface area contributed by atoms with Crippen molar-refractivity contribution in [1.29, 1.82) is 0 Å². The van der Waals surface area contributed by atoms with Crippen LogP contribution in [0.15, 0.2) is 30.6 Å². The van der Waals surface area contributed by atoms with Crippen LogP contribution in [0.3, 0.4) is 0 Å². The van der Waals surface area contributed by atoms with Gasteiger partial charge in [0.1, 0.15) is 5.82 Å². The van der Waals surface area contributed by atoms with Crippen LogP contribution in [0.5, 0.6) is 0 Å². The topological polar surface area (TPSA) is 39.1 Å². The summed E-state index contributed by atoms with van der Waals surface area (Å²) in [7, 11) is 1.68. The molecule has 5 heteroatoms. The van der Waals surface area contributed by atoms with Crippen molar-refractivity contribution in [3.8, 4) is 0 Å². The number of nitrogens with one attached hydrogen (secondary N) is 1. The zero-order valence-corrected chi connectivity index (χ0v) is 11.2. The van der Waals surface area contributed by atoms with Crippen molar-refractivity contribution in [3.63, 3.8) is 0 Å². The van der Waals surface area contributed by atoms with E-state index in [1.54, 1.807) is 26.3 Å². The molecule has 4 nitrogen and oxygen atoms in total. The van der Waals surface area contributed by atoms with Crippen LogP contribution in [0, 0.1) is 12.7 Å². The number of methoxy groups -OCH3 is 1. The molecule has 1 N–H and O–H groups in total. The third-order valence-electron chi connectivity index (χ3n) is 2.89. The number of rotatable bonds is 6. The van der Waals surface area contributed by atoms with Crippen molar-refractivity contribution < 1.29 is 9.13 Å². The zero-order chi connectivity index (χ0) is 13.7. The molecule has 1 heterocycles. The molecule has 0 fully saturated rings. The van der Waals surface area contributed by atoms with E-state index < -0.39 is 0 Å². The molecule has 0 aliphatic rings. The minimum Gasteiger partial charge on any atom is -0.385 e. The van der Waals surface area contributed by atoms with Gasteiger partial charge in [-0.3, -0.25) is 0 Å². The van der Waals surface area contributed by atoms with E-state index in [4.69, 9.17) is 4.74 Å². The molecular formula is C14H18FN3O. The van der Waals surface area contributed by atoms with Crippen LogP contribution in [0.2, 0.25) is 0 Å². The van der Waals surface area contributed by atoms with Crippen molar-refractivity contribution in [3.05, 3.63) is 42.0 Å². The maximum Gasteiger partial charge on any atom is 0.207 e. The van der Waals surface area contributed by atoms with Crippen LogP contribution in [-0.4, -0.2) is 23.3 Å². The van der Waals surface area contributed by atoms with Crippen molar-refractivity contribution in [2.75, 3.05) is 19.0 Å². The number of anilines is 2. The Bertz CT molecular complexity index is 539. The largest absolute Gasteiger partial charge is 0.385 e. The summed E-state index contributed by atoms with van der Waals surface area (Å²) in [5, 5.41) is 3.12. The first-order chi connectivity index (χ1) is 9.20. The number of aromatic nitrogens is 2. The Morgan fingerprint density at radius 2 is 2.26 bits per heavy atom. The molecule has 2 aromatic rings. The van der Waals surface area contributed by atoms with E-state index in [2.05, 4.69) is 10.3 Å². The third-order valence-corrected chi connectivity index (χ3v) is 2.89. The van der Waals surface area contributed by atoms with Crippen molar-refractivity contribution in [2.24, 2.45) is 0 Å². The summed E-state index contributed by atoms with van der Waals surface area (Å²) in [5.74, 6) is 0.488. The Balaban J connectivity index is 2.06. The zero-order valence-electron chi connectivity index (χ0n) is 11.2. The highest BCUT2D eigenvalue weighted by Gasteiger charge is 2.04. The maximum absolute atomic E-state index is 13.5. The van der Waals surface area contributed by atoms with Crippen LogP contribution in [0.4, 0.5) is 16.0 Å². The molecule has 1 aromatic heterocycles. The first-order valence-corrected chi connectivity index (χ1v) is 6.24. The van der Waals surface area contributed by atoms with Gasteiger partial charge in [0.25, 0.3) is 0 Å². The van der Waals surface area contributed by atoms with Crippen molar-refractivity contribution in [1.82, 2.24) is 9.55 Å². The second-order valence-corrected chi connectivity index (χ2v) is 4.38. The van der Waals surface area contributed by atoms with Gasteiger partial charge in [0, 0.05) is 38.3 Å². The fourth-order valence-electron chi connectivity index (χ4n) is 1.79. The fraction of sp³-hybridized carbons (Fsp3) is 0.357. The van der Waals surface area contributed by atoms with Crippen LogP contribution >= 0.6 is 0 Å². The first kappa shape index (κ1) is 13.5. The molecule has 1 aromatic carbocycles. The highest BCUT2D eigenvalue weighted by atomic mass is 19.1. The molecule has 0 amide bonds. The quantitative estimate of drug-likeness (QED) is 0.814. The monoisotopic (exact) mass is 263 g/mol. The molecule has 2 rings (SSSR count). The van der Waals surface area contributed by atoms with E-state index >= 15 is 0 Å². The lowest BCUT2D eigenvalue weighted by atomic mass is 10.2. The van der Waals surface area contributed by atoms with Gasteiger partial charge in [-0.15, -0.1) is 0 Å². The number of imidazole rings is 1. The molecule has 0 bridgehead atoms. The summed E-state index contributed by atoms with van der Waals surface area (Å²) < 4.78 is 20.5. The van der Waals surface area contributed by atoms with E-state index in [0.29, 0.717) is 23.8 Å². The lowest BCUT2D eigenvalue weighted by Gasteiger charge is -2.10. The molecule has 0 unspecified atom stereocenters. The van der Waals surface area contributed by atoms with Gasteiger partial charge in [0.05, 0.1) is 0 Å². The summed E-state index contributed by atoms with van der Waals surface area (Å²) >= 11 is 0. The van der Waals surface area contributed by atoms with Gasteiger partial charge in [-0.2, -0.15) is 0 Å². The summed E-state index contributed by atoms with van der Waals surface area (Å²) in [6.07, 6.45) is 4.52. The van der Waals surface area contributed by atoms with Crippen LogP contribution in [-0.2, 0) is 11.3 Å². The van der Waals surface area contributed by atoms with Crippen molar-refractivity contribution in [2.45, 2.75) is 19.9 Å². The second-order valence-electron chi connectivity index (χ2n) is 4.38. The molecule has 19 heavy (non-hydrogen) atoms. The molecule has 0 radical (unpaired) electrons. The fourth-order valence-corrected chi connectivity index (χ4v) is 1.79. The number of nitrogens with zero attached hydrogens (tertiary/aromatic N) is 2. The van der Waals surface area contributed by atoms with Gasteiger partial charge in [0.15, 0.2) is 0 Å². The normalized spacial score (nSPS) is 10.7. The van der Waals surface area contributed by atoms with E-state index in [9.17, 15) is 4.39 Å². The molecule has 0 spiro atoms. The standard InChI is InChI=1S/C14H18FN3O/c1-11-4-5-12(10-13(11)15)17-14-16-6-8-18(14)7-3-9-19-2/h4-6,8,10H,3,7,9H2,1-2H3,(H,16,17). The Kier molecular flexibility index (Phi) is 4.52. The van der Waals surface area contributed by atoms with Crippen molar-refractivity contribution >= 4 is 11.6 Å². The molecule has 0 aliphatic carbocycles. The summed E-state index contributed by atoms with van der Waals surface area (Å²) in [6.45, 7) is 3.26. The molecule has 0 aliphatic heterocycles. The van der Waals surface area contributed by atoms with Gasteiger partial charge in [-0.25, -0.2) is 9.37 Å². The number of ether oxygens (including phenoxy) is 1. The Morgan fingerprint density at radius 1 is 1.42 bits per heavy atom. The van der Waals surface area contributed by atoms with E-state index in [1.165, 1.54) is 6.07 Å². The molecule has 0 saturated carbocycles. The molecule has 102 valence electrons. The smallest absolute Gasteiger partial charge is 0.207 e. The summed E-state index contributed by atoms with van der Waals surface area (Å²) in [4.78, 5) is 4.23. The maximum atomic E-state index is 13.5. The number of hydrogen-bond donors (Lipinski definition) is 1. The Labute approximate surface area is 112 Å². The number of hydrogen-bond acceptors (Lipinski definition) is 3. The van der Waals surface area contributed by atoms with Crippen LogP contribution in [0.1, 0.15) is 12.0 Å². The third kappa shape index (κ3) is 3.54. The summed E-state index contributed by atoms with van der Waals surface area (Å²) in [6, 6.07) is 5.06. The van der Waals surface area contributed by atoms with Crippen LogP contribution < -0.4 is 5.32 Å². The minimum absolute atomic E-state index is 0.220. The number of aryl methyl sites for hydroxylation is 2. The highest BCUT2D eigenvalue weighted by Crippen LogP contribution is 2.18. The Morgan fingerprint density at radius 3 is 3.00 bits per heavy atom. The van der Waals surface area contributed by atoms with Gasteiger partial charge in [-0.1, -0.05) is 6.07 Å². The average Bonchev–Trinajstić information content (AvgIpc) is 2.82. The lowest BCUT2D eigenvalue weighted by Crippen LogP contribution is -2.05. The summed E-state index contributed by atoms with van der Waals surface area (Å²) in [5.41, 5.74) is 1.33. The molecule has 0 saturated heterocycles. The van der Waals surface area contributed by atoms with Gasteiger partial charge < -0.3 is 14.6 Å². The van der Waals surface area contributed by atoms with E-state index in [-0.39, 0.29) is 5.82 Å². The number of halogens is 1. The SMILES string of the molecule is COCCCn1ccnc1Nc1ccc(C)c(F)c1. The molecular weight excluding hydrogens is 245 g/mol. The van der Waals surface area contributed by atoms with E-state index in [0.717, 1.165) is 13.0 Å².